The highest BCUT2D eigenvalue weighted by atomic mass is 15.3. The first-order valence-electron chi connectivity index (χ1n) is 9.81. The number of aromatic amines is 1. The van der Waals surface area contributed by atoms with E-state index in [4.69, 9.17) is 9.97 Å². The van der Waals surface area contributed by atoms with Crippen LogP contribution in [0.25, 0.3) is 10.9 Å². The topological polar surface area (TPSA) is 56.8 Å². The van der Waals surface area contributed by atoms with Gasteiger partial charge in [0.05, 0.1) is 5.52 Å². The average molecular weight is 369 g/mol. The van der Waals surface area contributed by atoms with E-state index in [9.17, 15) is 0 Å². The maximum atomic E-state index is 4.91. The predicted octanol–water partition coefficient (Wildman–Crippen LogP) is 4.18. The minimum absolute atomic E-state index is 0.799. The highest BCUT2D eigenvalue weighted by Gasteiger charge is 2.20. The van der Waals surface area contributed by atoms with Gasteiger partial charge in [-0.25, -0.2) is 4.98 Å². The fourth-order valence-corrected chi connectivity index (χ4v) is 3.83. The minimum atomic E-state index is 0.799. The summed E-state index contributed by atoms with van der Waals surface area (Å²) in [4.78, 5) is 15.4. The molecule has 140 valence electrons. The molecular formula is C23H23N5. The third-order valence-corrected chi connectivity index (χ3v) is 5.35. The van der Waals surface area contributed by atoms with E-state index in [2.05, 4.69) is 63.7 Å². The lowest BCUT2D eigenvalue weighted by Crippen LogP contribution is -2.31. The number of nitrogens with zero attached hydrogens (tertiary/aromatic N) is 3. The Hall–Kier alpha value is -3.34. The summed E-state index contributed by atoms with van der Waals surface area (Å²) in [5.74, 6) is 1.71. The summed E-state index contributed by atoms with van der Waals surface area (Å²) < 4.78 is 0. The summed E-state index contributed by atoms with van der Waals surface area (Å²) >= 11 is 0. The number of fused-ring (bicyclic) bond motifs is 2. The summed E-state index contributed by atoms with van der Waals surface area (Å²) in [7, 11) is 0. The molecule has 0 radical (unpaired) electrons. The molecule has 0 saturated carbocycles. The molecule has 5 nitrogen and oxygen atoms in total. The van der Waals surface area contributed by atoms with Crippen molar-refractivity contribution in [3.63, 3.8) is 0 Å². The number of anilines is 2. The van der Waals surface area contributed by atoms with E-state index in [0.717, 1.165) is 55.1 Å². The zero-order valence-electron chi connectivity index (χ0n) is 15.7. The Bertz CT molecular complexity index is 1090. The molecule has 4 aromatic rings. The Morgan fingerprint density at radius 3 is 2.75 bits per heavy atom. The minimum Gasteiger partial charge on any atom is -0.369 e. The molecule has 0 atom stereocenters. The van der Waals surface area contributed by atoms with Crippen LogP contribution in [-0.2, 0) is 19.4 Å². The van der Waals surface area contributed by atoms with Gasteiger partial charge in [-0.15, -0.1) is 0 Å². The SMILES string of the molecule is c1ccc(CCNc2nc(N3CCc4[nH]ccc4C3)nc3ccccc23)cc1. The maximum absolute atomic E-state index is 4.91. The van der Waals surface area contributed by atoms with Gasteiger partial charge < -0.3 is 15.2 Å². The van der Waals surface area contributed by atoms with Crippen molar-refractivity contribution >= 4 is 22.7 Å². The van der Waals surface area contributed by atoms with E-state index in [1.807, 2.05) is 18.3 Å². The zero-order chi connectivity index (χ0) is 18.8. The number of hydrogen-bond donors (Lipinski definition) is 2. The zero-order valence-corrected chi connectivity index (χ0v) is 15.7. The van der Waals surface area contributed by atoms with Crippen LogP contribution in [-0.4, -0.2) is 28.0 Å². The van der Waals surface area contributed by atoms with Crippen molar-refractivity contribution in [1.82, 2.24) is 15.0 Å². The summed E-state index contributed by atoms with van der Waals surface area (Å²) in [6.07, 6.45) is 3.98. The van der Waals surface area contributed by atoms with Gasteiger partial charge in [0.1, 0.15) is 5.82 Å². The van der Waals surface area contributed by atoms with Crippen molar-refractivity contribution in [3.05, 3.63) is 83.7 Å². The Balaban J connectivity index is 1.41. The molecule has 1 aliphatic rings. The molecule has 0 aliphatic carbocycles. The van der Waals surface area contributed by atoms with Crippen LogP contribution >= 0.6 is 0 Å². The maximum Gasteiger partial charge on any atom is 0.228 e. The smallest absolute Gasteiger partial charge is 0.228 e. The second-order valence-electron chi connectivity index (χ2n) is 7.20. The van der Waals surface area contributed by atoms with Crippen molar-refractivity contribution < 1.29 is 0 Å². The number of H-pyrrole nitrogens is 1. The predicted molar refractivity (Wildman–Crippen MR) is 114 cm³/mol. The third-order valence-electron chi connectivity index (χ3n) is 5.35. The van der Waals surface area contributed by atoms with Crippen LogP contribution in [0.1, 0.15) is 16.8 Å². The number of hydrogen-bond acceptors (Lipinski definition) is 4. The molecule has 0 amide bonds. The Kier molecular flexibility index (Phi) is 4.41. The number of aromatic nitrogens is 3. The highest BCUT2D eigenvalue weighted by Crippen LogP contribution is 2.26. The van der Waals surface area contributed by atoms with E-state index < -0.39 is 0 Å². The van der Waals surface area contributed by atoms with E-state index in [1.54, 1.807) is 0 Å². The van der Waals surface area contributed by atoms with E-state index in [1.165, 1.54) is 16.8 Å². The number of benzene rings is 2. The molecule has 3 heterocycles. The first-order chi connectivity index (χ1) is 13.9. The van der Waals surface area contributed by atoms with Crippen molar-refractivity contribution in [2.75, 3.05) is 23.3 Å². The Morgan fingerprint density at radius 1 is 0.964 bits per heavy atom. The molecule has 5 heteroatoms. The van der Waals surface area contributed by atoms with Crippen molar-refractivity contribution in [1.29, 1.82) is 0 Å². The monoisotopic (exact) mass is 369 g/mol. The van der Waals surface area contributed by atoms with E-state index in [0.29, 0.717) is 0 Å². The molecular weight excluding hydrogens is 346 g/mol. The van der Waals surface area contributed by atoms with E-state index in [-0.39, 0.29) is 0 Å². The summed E-state index contributed by atoms with van der Waals surface area (Å²) in [5.41, 5.74) is 4.97. The second-order valence-corrected chi connectivity index (χ2v) is 7.20. The van der Waals surface area contributed by atoms with Crippen molar-refractivity contribution in [3.8, 4) is 0 Å². The van der Waals surface area contributed by atoms with Gasteiger partial charge in [-0.3, -0.25) is 0 Å². The lowest BCUT2D eigenvalue weighted by molar-refractivity contribution is 0.703. The molecule has 0 spiro atoms. The fourth-order valence-electron chi connectivity index (χ4n) is 3.83. The molecule has 5 rings (SSSR count). The average Bonchev–Trinajstić information content (AvgIpc) is 3.22. The second kappa shape index (κ2) is 7.35. The van der Waals surface area contributed by atoms with Crippen molar-refractivity contribution in [2.45, 2.75) is 19.4 Å². The Morgan fingerprint density at radius 2 is 1.82 bits per heavy atom. The number of rotatable bonds is 5. The van der Waals surface area contributed by atoms with Gasteiger partial charge in [-0.2, -0.15) is 4.98 Å². The van der Waals surface area contributed by atoms with Gasteiger partial charge in [0.15, 0.2) is 0 Å². The summed E-state index contributed by atoms with van der Waals surface area (Å²) in [5, 5.41) is 4.61. The number of nitrogens with one attached hydrogen (secondary N) is 2. The summed E-state index contributed by atoms with van der Waals surface area (Å²) in [6, 6.07) is 20.9. The molecule has 2 aromatic heterocycles. The first-order valence-corrected chi connectivity index (χ1v) is 9.81. The molecule has 0 bridgehead atoms. The van der Waals surface area contributed by atoms with Crippen LogP contribution in [0, 0.1) is 0 Å². The van der Waals surface area contributed by atoms with E-state index >= 15 is 0 Å². The van der Waals surface area contributed by atoms with Crippen LogP contribution < -0.4 is 10.2 Å². The molecule has 2 N–H and O–H groups in total. The quantitative estimate of drug-likeness (QED) is 0.554. The fraction of sp³-hybridized carbons (Fsp3) is 0.217. The highest BCUT2D eigenvalue weighted by molar-refractivity contribution is 5.90. The molecule has 0 saturated heterocycles. The van der Waals surface area contributed by atoms with Gasteiger partial charge in [0.25, 0.3) is 0 Å². The Labute approximate surface area is 164 Å². The standard InChI is InChI=1S/C23H23N5/c1-2-6-17(7-3-1)10-13-25-22-19-8-4-5-9-21(19)26-23(27-22)28-15-12-20-18(16-28)11-14-24-20/h1-9,11,14,24H,10,12-13,15-16H2,(H,25,26,27). The lowest BCUT2D eigenvalue weighted by Gasteiger charge is -2.27. The van der Waals surface area contributed by atoms with Gasteiger partial charge >= 0.3 is 0 Å². The first kappa shape index (κ1) is 16.8. The van der Waals surface area contributed by atoms with Gasteiger partial charge in [0.2, 0.25) is 5.95 Å². The van der Waals surface area contributed by atoms with Crippen LogP contribution in [0.2, 0.25) is 0 Å². The van der Waals surface area contributed by atoms with Gasteiger partial charge in [-0.1, -0.05) is 42.5 Å². The largest absolute Gasteiger partial charge is 0.369 e. The molecule has 1 aliphatic heterocycles. The molecule has 2 aromatic carbocycles. The number of para-hydroxylation sites is 1. The van der Waals surface area contributed by atoms with Crippen molar-refractivity contribution in [2.24, 2.45) is 0 Å². The van der Waals surface area contributed by atoms with Crippen LogP contribution in [0.15, 0.2) is 66.9 Å². The van der Waals surface area contributed by atoms with Crippen LogP contribution in [0.5, 0.6) is 0 Å². The van der Waals surface area contributed by atoms with Gasteiger partial charge in [0, 0.05) is 43.3 Å². The lowest BCUT2D eigenvalue weighted by atomic mass is 10.1. The molecule has 0 fully saturated rings. The third kappa shape index (κ3) is 3.31. The normalized spacial score (nSPS) is 13.5. The molecule has 0 unspecified atom stereocenters. The summed E-state index contributed by atoms with van der Waals surface area (Å²) in [6.45, 7) is 2.61. The van der Waals surface area contributed by atoms with Crippen LogP contribution in [0.4, 0.5) is 11.8 Å². The molecule has 28 heavy (non-hydrogen) atoms. The van der Waals surface area contributed by atoms with Gasteiger partial charge in [-0.05, 0) is 35.7 Å². The van der Waals surface area contributed by atoms with Crippen LogP contribution in [0.3, 0.4) is 0 Å².